The van der Waals surface area contributed by atoms with Gasteiger partial charge in [-0.2, -0.15) is 0 Å². The summed E-state index contributed by atoms with van der Waals surface area (Å²) in [7, 11) is 1.90. The summed E-state index contributed by atoms with van der Waals surface area (Å²) in [5.74, 6) is 0. The molecule has 1 N–H and O–H groups in total. The van der Waals surface area contributed by atoms with E-state index in [0.29, 0.717) is 0 Å². The van der Waals surface area contributed by atoms with E-state index in [2.05, 4.69) is 5.32 Å². The smallest absolute Gasteiger partial charge is 0.111 e. The molecule has 0 aliphatic heterocycles. The standard InChI is InChI=1S/C7H14FN/c1-9-6-2-3-7(8)4-5-7/h9H,2-6H2,1H3. The predicted octanol–water partition coefficient (Wildman–Crippen LogP) is 1.49. The van der Waals surface area contributed by atoms with Gasteiger partial charge in [0.1, 0.15) is 5.67 Å². The minimum Gasteiger partial charge on any atom is -0.320 e. The Balaban J connectivity index is 1.92. The molecule has 2 heteroatoms. The number of hydrogen-bond acceptors (Lipinski definition) is 1. The quantitative estimate of drug-likeness (QED) is 0.570. The molecule has 0 aromatic carbocycles. The second-order valence-corrected chi connectivity index (χ2v) is 2.86. The Morgan fingerprint density at radius 3 is 2.67 bits per heavy atom. The molecule has 1 nitrogen and oxygen atoms in total. The molecular weight excluding hydrogens is 117 g/mol. The van der Waals surface area contributed by atoms with E-state index >= 15 is 0 Å². The lowest BCUT2D eigenvalue weighted by Crippen LogP contribution is -2.10. The number of nitrogens with one attached hydrogen (secondary N) is 1. The highest BCUT2D eigenvalue weighted by atomic mass is 19.1. The summed E-state index contributed by atoms with van der Waals surface area (Å²) in [5, 5.41) is 3.00. The van der Waals surface area contributed by atoms with Crippen LogP contribution in [0.3, 0.4) is 0 Å². The van der Waals surface area contributed by atoms with E-state index in [1.165, 1.54) is 0 Å². The van der Waals surface area contributed by atoms with Crippen molar-refractivity contribution in [2.24, 2.45) is 0 Å². The molecule has 1 fully saturated rings. The Hall–Kier alpha value is -0.110. The van der Waals surface area contributed by atoms with Crippen LogP contribution in [0.4, 0.5) is 4.39 Å². The first-order chi connectivity index (χ1) is 4.27. The van der Waals surface area contributed by atoms with Crippen LogP contribution in [0, 0.1) is 0 Å². The van der Waals surface area contributed by atoms with Gasteiger partial charge in [0.05, 0.1) is 0 Å². The summed E-state index contributed by atoms with van der Waals surface area (Å²) in [6, 6.07) is 0. The fourth-order valence-electron chi connectivity index (χ4n) is 0.968. The third-order valence-corrected chi connectivity index (χ3v) is 1.84. The SMILES string of the molecule is CNCCCC1(F)CC1. The van der Waals surface area contributed by atoms with Gasteiger partial charge in [-0.15, -0.1) is 0 Å². The van der Waals surface area contributed by atoms with Gasteiger partial charge in [0, 0.05) is 0 Å². The van der Waals surface area contributed by atoms with Crippen LogP contribution in [0.5, 0.6) is 0 Å². The summed E-state index contributed by atoms with van der Waals surface area (Å²) in [6.07, 6.45) is 3.34. The Morgan fingerprint density at radius 2 is 2.22 bits per heavy atom. The topological polar surface area (TPSA) is 12.0 Å². The molecule has 0 unspecified atom stereocenters. The average molecular weight is 131 g/mol. The van der Waals surface area contributed by atoms with Crippen molar-refractivity contribution in [3.05, 3.63) is 0 Å². The van der Waals surface area contributed by atoms with Crippen molar-refractivity contribution >= 4 is 0 Å². The van der Waals surface area contributed by atoms with E-state index in [1.807, 2.05) is 7.05 Å². The zero-order valence-corrected chi connectivity index (χ0v) is 5.91. The first kappa shape index (κ1) is 7.00. The van der Waals surface area contributed by atoms with Gasteiger partial charge < -0.3 is 5.32 Å². The molecule has 1 aliphatic rings. The van der Waals surface area contributed by atoms with Gasteiger partial charge in [0.2, 0.25) is 0 Å². The third-order valence-electron chi connectivity index (χ3n) is 1.84. The maximum atomic E-state index is 12.8. The van der Waals surface area contributed by atoms with Crippen molar-refractivity contribution in [2.45, 2.75) is 31.4 Å². The minimum absolute atomic E-state index is 0.739. The number of hydrogen-bond donors (Lipinski definition) is 1. The van der Waals surface area contributed by atoms with Gasteiger partial charge in [-0.25, -0.2) is 4.39 Å². The largest absolute Gasteiger partial charge is 0.320 e. The summed E-state index contributed by atoms with van der Waals surface area (Å²) >= 11 is 0. The Kier molecular flexibility index (Phi) is 2.06. The van der Waals surface area contributed by atoms with E-state index in [-0.39, 0.29) is 0 Å². The number of alkyl halides is 1. The van der Waals surface area contributed by atoms with Gasteiger partial charge in [-0.3, -0.25) is 0 Å². The maximum absolute atomic E-state index is 12.8. The second kappa shape index (κ2) is 2.65. The molecule has 1 saturated carbocycles. The van der Waals surface area contributed by atoms with Crippen molar-refractivity contribution in [1.82, 2.24) is 5.32 Å². The van der Waals surface area contributed by atoms with Crippen LogP contribution in [0.25, 0.3) is 0 Å². The highest BCUT2D eigenvalue weighted by Gasteiger charge is 2.41. The van der Waals surface area contributed by atoms with E-state index < -0.39 is 5.67 Å². The molecule has 9 heavy (non-hydrogen) atoms. The first-order valence-electron chi connectivity index (χ1n) is 3.60. The molecular formula is C7H14FN. The Labute approximate surface area is 55.6 Å². The van der Waals surface area contributed by atoms with E-state index in [4.69, 9.17) is 0 Å². The molecule has 0 aromatic heterocycles. The second-order valence-electron chi connectivity index (χ2n) is 2.86. The summed E-state index contributed by atoms with van der Waals surface area (Å²) in [5.41, 5.74) is -0.739. The molecule has 0 atom stereocenters. The Morgan fingerprint density at radius 1 is 1.56 bits per heavy atom. The lowest BCUT2D eigenvalue weighted by Gasteiger charge is -2.02. The van der Waals surface area contributed by atoms with Crippen molar-refractivity contribution in [1.29, 1.82) is 0 Å². The molecule has 54 valence electrons. The van der Waals surface area contributed by atoms with Crippen LogP contribution in [-0.2, 0) is 0 Å². The van der Waals surface area contributed by atoms with Gasteiger partial charge in [0.25, 0.3) is 0 Å². The van der Waals surface area contributed by atoms with Crippen LogP contribution in [0.2, 0.25) is 0 Å². The number of rotatable bonds is 4. The van der Waals surface area contributed by atoms with Crippen LogP contribution >= 0.6 is 0 Å². The molecule has 0 amide bonds. The van der Waals surface area contributed by atoms with Gasteiger partial charge in [-0.05, 0) is 39.3 Å². The molecule has 0 spiro atoms. The van der Waals surface area contributed by atoms with Crippen molar-refractivity contribution in [3.8, 4) is 0 Å². The van der Waals surface area contributed by atoms with Crippen LogP contribution in [0.15, 0.2) is 0 Å². The minimum atomic E-state index is -0.739. The summed E-state index contributed by atoms with van der Waals surface area (Å²) < 4.78 is 12.8. The van der Waals surface area contributed by atoms with E-state index in [0.717, 1.165) is 32.2 Å². The highest BCUT2D eigenvalue weighted by Crippen LogP contribution is 2.43. The lowest BCUT2D eigenvalue weighted by atomic mass is 10.2. The third kappa shape index (κ3) is 2.31. The molecule has 1 aliphatic carbocycles. The van der Waals surface area contributed by atoms with Gasteiger partial charge >= 0.3 is 0 Å². The zero-order chi connectivity index (χ0) is 6.74. The molecule has 0 bridgehead atoms. The monoisotopic (exact) mass is 131 g/mol. The van der Waals surface area contributed by atoms with Crippen LogP contribution in [-0.4, -0.2) is 19.3 Å². The molecule has 0 saturated heterocycles. The first-order valence-corrected chi connectivity index (χ1v) is 3.60. The molecule has 0 heterocycles. The Bertz CT molecular complexity index is 88.9. The van der Waals surface area contributed by atoms with Crippen molar-refractivity contribution in [3.63, 3.8) is 0 Å². The zero-order valence-electron chi connectivity index (χ0n) is 5.91. The molecule has 0 radical (unpaired) electrons. The van der Waals surface area contributed by atoms with Crippen molar-refractivity contribution in [2.75, 3.05) is 13.6 Å². The predicted molar refractivity (Wildman–Crippen MR) is 36.2 cm³/mol. The van der Waals surface area contributed by atoms with Gasteiger partial charge in [-0.1, -0.05) is 0 Å². The normalized spacial score (nSPS) is 22.0. The highest BCUT2D eigenvalue weighted by molar-refractivity contribution is 4.93. The van der Waals surface area contributed by atoms with Crippen LogP contribution < -0.4 is 5.32 Å². The number of halogens is 1. The fraction of sp³-hybridized carbons (Fsp3) is 1.00. The summed E-state index contributed by atoms with van der Waals surface area (Å²) in [6.45, 7) is 0.950. The maximum Gasteiger partial charge on any atom is 0.111 e. The van der Waals surface area contributed by atoms with Crippen molar-refractivity contribution < 1.29 is 4.39 Å². The fourth-order valence-corrected chi connectivity index (χ4v) is 0.968. The average Bonchev–Trinajstić information content (AvgIpc) is 2.50. The summed E-state index contributed by atoms with van der Waals surface area (Å²) in [4.78, 5) is 0. The van der Waals surface area contributed by atoms with Gasteiger partial charge in [0.15, 0.2) is 0 Å². The molecule has 0 aromatic rings. The van der Waals surface area contributed by atoms with E-state index in [9.17, 15) is 4.39 Å². The van der Waals surface area contributed by atoms with Crippen LogP contribution in [0.1, 0.15) is 25.7 Å². The van der Waals surface area contributed by atoms with E-state index in [1.54, 1.807) is 0 Å². The molecule has 1 rings (SSSR count). The lowest BCUT2D eigenvalue weighted by molar-refractivity contribution is 0.283.